The largest absolute Gasteiger partial charge is 1.00 e. The minimum absolute atomic E-state index is 0. The molecule has 0 saturated carbocycles. The van der Waals surface area contributed by atoms with Crippen molar-refractivity contribution in [3.8, 4) is 5.75 Å². The second-order valence-electron chi connectivity index (χ2n) is 7.78. The van der Waals surface area contributed by atoms with E-state index >= 15 is 0 Å². The first-order valence-electron chi connectivity index (χ1n) is 11.1. The second-order valence-corrected chi connectivity index (χ2v) is 9.30. The molecule has 0 bridgehead atoms. The van der Waals surface area contributed by atoms with Gasteiger partial charge in [-0.05, 0) is 55.4 Å². The summed E-state index contributed by atoms with van der Waals surface area (Å²) in [4.78, 5) is 0. The average Bonchev–Trinajstić information content (AvgIpc) is 2.64. The van der Waals surface area contributed by atoms with Crippen LogP contribution in [0.25, 0.3) is 0 Å². The van der Waals surface area contributed by atoms with Gasteiger partial charge in [-0.25, -0.2) is 8.42 Å². The van der Waals surface area contributed by atoms with Crippen LogP contribution < -0.4 is 34.3 Å². The van der Waals surface area contributed by atoms with Crippen LogP contribution in [0.2, 0.25) is 0 Å². The molecule has 0 unspecified atom stereocenters. The maximum absolute atomic E-state index is 10.7. The molecular weight excluding hydrogens is 395 g/mol. The van der Waals surface area contributed by atoms with Crippen molar-refractivity contribution in [3.63, 3.8) is 0 Å². The average molecular weight is 435 g/mol. The number of ether oxygens (including phenoxy) is 1. The van der Waals surface area contributed by atoms with Gasteiger partial charge in [0.25, 0.3) is 0 Å². The maximum Gasteiger partial charge on any atom is 1.00 e. The van der Waals surface area contributed by atoms with Crippen molar-refractivity contribution >= 4 is 10.1 Å². The fourth-order valence-electron chi connectivity index (χ4n) is 3.39. The molecule has 0 aliphatic carbocycles. The molecule has 0 spiro atoms. The zero-order chi connectivity index (χ0) is 20.7. The standard InChI is InChI=1S/C23H40O4S.Na/c1-3-5-7-9-11-14-21-18-22(15-12-10-8-6-4-2)20-23(19-21)27-16-13-17-28(24,25)26;/h18-20H,3-17H2,1-2H3,(H,24,25,26);/q;+1/p-1. The minimum atomic E-state index is -4.16. The van der Waals surface area contributed by atoms with Crippen LogP contribution in [0.4, 0.5) is 0 Å². The first-order valence-corrected chi connectivity index (χ1v) is 12.7. The van der Waals surface area contributed by atoms with Crippen LogP contribution in [-0.2, 0) is 23.0 Å². The molecule has 0 amide bonds. The fraction of sp³-hybridized carbons (Fsp3) is 0.739. The Kier molecular flexibility index (Phi) is 17.6. The molecule has 0 heterocycles. The Bertz CT molecular complexity index is 600. The summed E-state index contributed by atoms with van der Waals surface area (Å²) in [5.41, 5.74) is 2.60. The molecule has 1 rings (SSSR count). The third kappa shape index (κ3) is 16.3. The summed E-state index contributed by atoms with van der Waals surface area (Å²) >= 11 is 0. The van der Waals surface area contributed by atoms with Gasteiger partial charge in [0.15, 0.2) is 0 Å². The first-order chi connectivity index (χ1) is 13.4. The summed E-state index contributed by atoms with van der Waals surface area (Å²) < 4.78 is 37.9. The molecular formula is C23H39NaO4S. The van der Waals surface area contributed by atoms with Crippen molar-refractivity contribution in [2.75, 3.05) is 12.4 Å². The number of rotatable bonds is 17. The Hall–Kier alpha value is -0.0700. The number of hydrogen-bond donors (Lipinski definition) is 0. The fourth-order valence-corrected chi connectivity index (χ4v) is 3.86. The van der Waals surface area contributed by atoms with Gasteiger partial charge in [-0.2, -0.15) is 0 Å². The van der Waals surface area contributed by atoms with Crippen molar-refractivity contribution in [3.05, 3.63) is 29.3 Å². The molecule has 0 atom stereocenters. The third-order valence-electron chi connectivity index (χ3n) is 4.97. The van der Waals surface area contributed by atoms with Gasteiger partial charge in [0.2, 0.25) is 0 Å². The normalized spacial score (nSPS) is 11.3. The molecule has 162 valence electrons. The predicted octanol–water partition coefficient (Wildman–Crippen LogP) is 3.03. The first kappa shape index (κ1) is 28.9. The molecule has 0 N–H and O–H groups in total. The maximum atomic E-state index is 10.7. The van der Waals surface area contributed by atoms with E-state index in [1.165, 1.54) is 75.3 Å². The predicted molar refractivity (Wildman–Crippen MR) is 116 cm³/mol. The Morgan fingerprint density at radius 2 is 1.24 bits per heavy atom. The van der Waals surface area contributed by atoms with Gasteiger partial charge in [0.05, 0.1) is 16.7 Å². The minimum Gasteiger partial charge on any atom is -0.748 e. The summed E-state index contributed by atoms with van der Waals surface area (Å²) in [7, 11) is -4.16. The van der Waals surface area contributed by atoms with E-state index in [2.05, 4.69) is 32.0 Å². The van der Waals surface area contributed by atoms with Crippen LogP contribution in [0.5, 0.6) is 5.75 Å². The Morgan fingerprint density at radius 1 is 0.759 bits per heavy atom. The van der Waals surface area contributed by atoms with Crippen LogP contribution in [0.3, 0.4) is 0 Å². The van der Waals surface area contributed by atoms with E-state index in [1.807, 2.05) is 0 Å². The van der Waals surface area contributed by atoms with E-state index in [-0.39, 0.29) is 48.3 Å². The number of unbranched alkanes of at least 4 members (excludes halogenated alkanes) is 8. The number of aryl methyl sites for hydroxylation is 2. The third-order valence-corrected chi connectivity index (χ3v) is 5.76. The zero-order valence-corrected chi connectivity index (χ0v) is 21.7. The van der Waals surface area contributed by atoms with Gasteiger partial charge in [-0.3, -0.25) is 0 Å². The molecule has 0 aliphatic rings. The van der Waals surface area contributed by atoms with Gasteiger partial charge in [-0.1, -0.05) is 71.3 Å². The van der Waals surface area contributed by atoms with E-state index < -0.39 is 10.1 Å². The molecule has 0 aliphatic heterocycles. The van der Waals surface area contributed by atoms with Crippen molar-refractivity contribution < 1.29 is 47.3 Å². The van der Waals surface area contributed by atoms with Gasteiger partial charge in [0.1, 0.15) is 5.75 Å². The van der Waals surface area contributed by atoms with Gasteiger partial charge < -0.3 is 9.29 Å². The van der Waals surface area contributed by atoms with Crippen LogP contribution >= 0.6 is 0 Å². The van der Waals surface area contributed by atoms with Crippen LogP contribution in [0.1, 0.15) is 95.6 Å². The van der Waals surface area contributed by atoms with Crippen LogP contribution in [0.15, 0.2) is 18.2 Å². The Morgan fingerprint density at radius 3 is 1.69 bits per heavy atom. The molecule has 6 heteroatoms. The summed E-state index contributed by atoms with van der Waals surface area (Å²) in [6, 6.07) is 6.45. The molecule has 0 fully saturated rings. The van der Waals surface area contributed by atoms with E-state index in [0.717, 1.165) is 18.6 Å². The van der Waals surface area contributed by atoms with E-state index in [1.54, 1.807) is 0 Å². The van der Waals surface area contributed by atoms with E-state index in [4.69, 9.17) is 4.74 Å². The molecule has 0 saturated heterocycles. The number of hydrogen-bond acceptors (Lipinski definition) is 4. The summed E-state index contributed by atoms with van der Waals surface area (Å²) in [5, 5.41) is 0. The van der Waals surface area contributed by atoms with Crippen molar-refractivity contribution in [2.45, 2.75) is 97.3 Å². The Labute approximate surface area is 201 Å². The molecule has 29 heavy (non-hydrogen) atoms. The van der Waals surface area contributed by atoms with Crippen molar-refractivity contribution in [1.29, 1.82) is 0 Å². The molecule has 0 radical (unpaired) electrons. The monoisotopic (exact) mass is 434 g/mol. The zero-order valence-electron chi connectivity index (χ0n) is 18.9. The summed E-state index contributed by atoms with van der Waals surface area (Å²) in [6.07, 6.45) is 14.9. The van der Waals surface area contributed by atoms with E-state index in [0.29, 0.717) is 0 Å². The van der Waals surface area contributed by atoms with Crippen molar-refractivity contribution in [2.24, 2.45) is 0 Å². The molecule has 1 aromatic carbocycles. The SMILES string of the molecule is CCCCCCCc1cc(CCCCCCC)cc(OCCCS(=O)(=O)[O-])c1.[Na+]. The molecule has 0 aromatic heterocycles. The number of benzene rings is 1. The Balaban J connectivity index is 0.00000784. The van der Waals surface area contributed by atoms with Crippen LogP contribution in [-0.4, -0.2) is 25.3 Å². The van der Waals surface area contributed by atoms with Crippen LogP contribution in [0, 0.1) is 0 Å². The summed E-state index contributed by atoms with van der Waals surface area (Å²) in [5.74, 6) is 0.437. The second kappa shape index (κ2) is 17.6. The van der Waals surface area contributed by atoms with Gasteiger partial charge in [0, 0.05) is 5.75 Å². The quantitative estimate of drug-likeness (QED) is 0.215. The van der Waals surface area contributed by atoms with Gasteiger partial charge in [-0.15, -0.1) is 0 Å². The smallest absolute Gasteiger partial charge is 0.748 e. The van der Waals surface area contributed by atoms with Gasteiger partial charge >= 0.3 is 29.6 Å². The molecule has 4 nitrogen and oxygen atoms in total. The van der Waals surface area contributed by atoms with Crippen molar-refractivity contribution in [1.82, 2.24) is 0 Å². The molecule has 1 aromatic rings. The van der Waals surface area contributed by atoms with E-state index in [9.17, 15) is 13.0 Å². The summed E-state index contributed by atoms with van der Waals surface area (Å²) in [6.45, 7) is 4.72. The topological polar surface area (TPSA) is 66.4 Å².